The largest absolute Gasteiger partial charge is 0.506 e. The van der Waals surface area contributed by atoms with Crippen LogP contribution >= 0.6 is 0 Å². The van der Waals surface area contributed by atoms with Crippen molar-refractivity contribution in [1.29, 1.82) is 0 Å². The molecule has 0 aliphatic carbocycles. The van der Waals surface area contributed by atoms with Crippen molar-refractivity contribution < 1.29 is 38.4 Å². The number of pyridine rings is 1. The molecule has 0 unspecified atom stereocenters. The first-order valence-electron chi connectivity index (χ1n) is 11.7. The number of phenols is 1. The van der Waals surface area contributed by atoms with Crippen LogP contribution < -0.4 is 39.6 Å². The lowest BCUT2D eigenvalue weighted by molar-refractivity contribution is 0.171. The Bertz CT molecular complexity index is 1560. The molecule has 4 amide bonds. The van der Waals surface area contributed by atoms with Crippen LogP contribution in [0.2, 0.25) is 0 Å². The summed E-state index contributed by atoms with van der Waals surface area (Å²) in [5.74, 6) is 2.61. The predicted octanol–water partition coefficient (Wildman–Crippen LogP) is 4.87. The third-order valence-electron chi connectivity index (χ3n) is 5.68. The summed E-state index contributed by atoms with van der Waals surface area (Å²) < 4.78 is 27.6. The Morgan fingerprint density at radius 1 is 0.846 bits per heavy atom. The van der Waals surface area contributed by atoms with Gasteiger partial charge in [-0.05, 0) is 36.4 Å². The van der Waals surface area contributed by atoms with Gasteiger partial charge in [-0.15, -0.1) is 0 Å². The third-order valence-corrected chi connectivity index (χ3v) is 5.68. The lowest BCUT2D eigenvalue weighted by atomic mass is 10.2. The van der Waals surface area contributed by atoms with E-state index in [2.05, 4.69) is 20.9 Å². The molecule has 0 spiro atoms. The molecule has 1 aliphatic heterocycles. The fourth-order valence-corrected chi connectivity index (χ4v) is 3.88. The summed E-state index contributed by atoms with van der Waals surface area (Å²) in [7, 11) is 3.07. The Labute approximate surface area is 222 Å². The van der Waals surface area contributed by atoms with Crippen molar-refractivity contribution in [1.82, 2.24) is 10.3 Å². The molecular formula is C27H24N4O8. The van der Waals surface area contributed by atoms with Gasteiger partial charge in [0.2, 0.25) is 0 Å². The molecule has 2 heterocycles. The number of fused-ring (bicyclic) bond motifs is 2. The highest BCUT2D eigenvalue weighted by molar-refractivity contribution is 6.05. The number of hydrogen-bond donors (Lipinski definition) is 4. The van der Waals surface area contributed by atoms with Crippen LogP contribution in [0, 0.1) is 0 Å². The van der Waals surface area contributed by atoms with Crippen LogP contribution in [-0.2, 0) is 0 Å². The van der Waals surface area contributed by atoms with Crippen molar-refractivity contribution >= 4 is 34.3 Å². The number of ether oxygens (including phenoxy) is 5. The number of phenolic OH excluding ortho intramolecular Hbond substituents is 1. The molecule has 3 aromatic carbocycles. The van der Waals surface area contributed by atoms with Crippen LogP contribution in [0.25, 0.3) is 10.9 Å². The van der Waals surface area contributed by atoms with Gasteiger partial charge in [0, 0.05) is 35.5 Å². The number of carbonyl (C=O) groups excluding carboxylic acids is 2. The number of urea groups is 2. The SMILES string of the molecule is COc1cc2nccc(Oc3ccc(NC(=O)NC(=O)Nc4ccc5c(c4)OCCO5)c(O)c3)c2cc1OC. The maximum atomic E-state index is 12.3. The number of hydrogen-bond acceptors (Lipinski definition) is 9. The van der Waals surface area contributed by atoms with Gasteiger partial charge in [0.15, 0.2) is 23.0 Å². The summed E-state index contributed by atoms with van der Waals surface area (Å²) in [5, 5.41) is 18.2. The minimum absolute atomic E-state index is 0.0676. The molecule has 39 heavy (non-hydrogen) atoms. The average molecular weight is 533 g/mol. The van der Waals surface area contributed by atoms with Crippen LogP contribution in [0.15, 0.2) is 60.8 Å². The summed E-state index contributed by atoms with van der Waals surface area (Å²) in [6, 6.07) is 12.7. The Balaban J connectivity index is 1.23. The molecule has 5 rings (SSSR count). The topological polar surface area (TPSA) is 150 Å². The van der Waals surface area contributed by atoms with E-state index in [4.69, 9.17) is 23.7 Å². The normalized spacial score (nSPS) is 11.8. The Hall–Kier alpha value is -5.39. The number of aromatic hydroxyl groups is 1. The zero-order valence-electron chi connectivity index (χ0n) is 20.9. The number of imide groups is 1. The Morgan fingerprint density at radius 3 is 2.36 bits per heavy atom. The van der Waals surface area contributed by atoms with Gasteiger partial charge >= 0.3 is 12.1 Å². The zero-order chi connectivity index (χ0) is 27.4. The van der Waals surface area contributed by atoms with Crippen molar-refractivity contribution in [2.75, 3.05) is 38.1 Å². The van der Waals surface area contributed by atoms with Gasteiger partial charge in [0.1, 0.15) is 30.5 Å². The molecule has 12 heteroatoms. The standard InChI is InChI=1S/C27H24N4O8/c1-35-23-13-17-19(14-24(23)36-2)28-8-7-21(17)39-16-4-5-18(20(32)12-16)30-27(34)31-26(33)29-15-3-6-22-25(11-15)38-10-9-37-22/h3-8,11-14,32H,9-10H2,1-2H3,(H3,29,30,31,33,34). The molecule has 0 bridgehead atoms. The second kappa shape index (κ2) is 10.9. The summed E-state index contributed by atoms with van der Waals surface area (Å²) in [4.78, 5) is 28.9. The lowest BCUT2D eigenvalue weighted by Gasteiger charge is -2.19. The zero-order valence-corrected chi connectivity index (χ0v) is 20.9. The lowest BCUT2D eigenvalue weighted by Crippen LogP contribution is -2.37. The van der Waals surface area contributed by atoms with E-state index in [9.17, 15) is 14.7 Å². The van der Waals surface area contributed by atoms with Crippen molar-refractivity contribution in [2.24, 2.45) is 0 Å². The molecule has 4 N–H and O–H groups in total. The second-order valence-electron chi connectivity index (χ2n) is 8.21. The minimum Gasteiger partial charge on any atom is -0.506 e. The van der Waals surface area contributed by atoms with E-state index in [0.29, 0.717) is 64.3 Å². The average Bonchev–Trinajstić information content (AvgIpc) is 2.93. The van der Waals surface area contributed by atoms with Crippen molar-refractivity contribution in [3.8, 4) is 40.2 Å². The van der Waals surface area contributed by atoms with Gasteiger partial charge in [-0.3, -0.25) is 10.3 Å². The number of carbonyl (C=O) groups is 2. The van der Waals surface area contributed by atoms with E-state index >= 15 is 0 Å². The van der Waals surface area contributed by atoms with E-state index in [-0.39, 0.29) is 11.4 Å². The molecule has 1 aromatic heterocycles. The molecule has 0 saturated heterocycles. The van der Waals surface area contributed by atoms with Crippen LogP contribution in [0.4, 0.5) is 21.0 Å². The smallest absolute Gasteiger partial charge is 0.327 e. The van der Waals surface area contributed by atoms with Crippen LogP contribution in [0.5, 0.6) is 40.2 Å². The first-order valence-corrected chi connectivity index (χ1v) is 11.7. The van der Waals surface area contributed by atoms with Crippen LogP contribution in [0.3, 0.4) is 0 Å². The van der Waals surface area contributed by atoms with Gasteiger partial charge in [-0.1, -0.05) is 0 Å². The fraction of sp³-hybridized carbons (Fsp3) is 0.148. The quantitative estimate of drug-likeness (QED) is 0.255. The summed E-state index contributed by atoms with van der Waals surface area (Å²) in [6.07, 6.45) is 1.58. The van der Waals surface area contributed by atoms with Gasteiger partial charge in [0.25, 0.3) is 0 Å². The van der Waals surface area contributed by atoms with E-state index in [1.165, 1.54) is 26.4 Å². The van der Waals surface area contributed by atoms with E-state index in [1.54, 1.807) is 48.7 Å². The first kappa shape index (κ1) is 25.3. The van der Waals surface area contributed by atoms with E-state index < -0.39 is 12.1 Å². The molecule has 0 atom stereocenters. The van der Waals surface area contributed by atoms with Crippen molar-refractivity contribution in [3.05, 3.63) is 60.8 Å². The predicted molar refractivity (Wildman–Crippen MR) is 142 cm³/mol. The molecular weight excluding hydrogens is 508 g/mol. The third kappa shape index (κ3) is 5.64. The molecule has 0 fully saturated rings. The number of anilines is 2. The number of rotatable bonds is 6. The van der Waals surface area contributed by atoms with Crippen molar-refractivity contribution in [3.63, 3.8) is 0 Å². The highest BCUT2D eigenvalue weighted by atomic mass is 16.6. The first-order chi connectivity index (χ1) is 18.9. The van der Waals surface area contributed by atoms with Crippen LogP contribution in [0.1, 0.15) is 0 Å². The highest BCUT2D eigenvalue weighted by Crippen LogP contribution is 2.38. The monoisotopic (exact) mass is 532 g/mol. The molecule has 4 aromatic rings. The van der Waals surface area contributed by atoms with Gasteiger partial charge in [-0.2, -0.15) is 0 Å². The number of benzene rings is 3. The fourth-order valence-electron chi connectivity index (χ4n) is 3.88. The number of nitrogens with one attached hydrogen (secondary N) is 3. The molecule has 200 valence electrons. The van der Waals surface area contributed by atoms with E-state index in [0.717, 1.165) is 0 Å². The van der Waals surface area contributed by atoms with Gasteiger partial charge in [-0.25, -0.2) is 9.59 Å². The van der Waals surface area contributed by atoms with E-state index in [1.807, 2.05) is 0 Å². The van der Waals surface area contributed by atoms with Gasteiger partial charge < -0.3 is 39.4 Å². The van der Waals surface area contributed by atoms with Crippen molar-refractivity contribution in [2.45, 2.75) is 0 Å². The summed E-state index contributed by atoms with van der Waals surface area (Å²) in [6.45, 7) is 0.855. The molecule has 1 aliphatic rings. The molecule has 0 saturated carbocycles. The molecule has 0 radical (unpaired) electrons. The van der Waals surface area contributed by atoms with Crippen LogP contribution in [-0.4, -0.2) is 49.6 Å². The number of aromatic nitrogens is 1. The summed E-state index contributed by atoms with van der Waals surface area (Å²) >= 11 is 0. The number of nitrogens with zero attached hydrogens (tertiary/aromatic N) is 1. The Morgan fingerprint density at radius 2 is 1.59 bits per heavy atom. The Kier molecular flexibility index (Phi) is 7.08. The number of methoxy groups -OCH3 is 2. The minimum atomic E-state index is -0.852. The van der Waals surface area contributed by atoms with Gasteiger partial charge in [0.05, 0.1) is 25.4 Å². The highest BCUT2D eigenvalue weighted by Gasteiger charge is 2.16. The maximum absolute atomic E-state index is 12.3. The summed E-state index contributed by atoms with van der Waals surface area (Å²) in [5.41, 5.74) is 1.10. The second-order valence-corrected chi connectivity index (χ2v) is 8.21. The maximum Gasteiger partial charge on any atom is 0.327 e. The molecule has 12 nitrogen and oxygen atoms in total. The number of amides is 4.